The van der Waals surface area contributed by atoms with E-state index in [1.807, 2.05) is 0 Å². The van der Waals surface area contributed by atoms with Crippen molar-refractivity contribution < 1.29 is 14.3 Å². The molecule has 1 aromatic heterocycles. The van der Waals surface area contributed by atoms with E-state index >= 15 is 0 Å². The molecule has 0 saturated carbocycles. The molecule has 2 amide bonds. The van der Waals surface area contributed by atoms with Crippen LogP contribution >= 0.6 is 11.3 Å². The number of amides is 2. The van der Waals surface area contributed by atoms with Crippen LogP contribution in [0.15, 0.2) is 30.3 Å². The lowest BCUT2D eigenvalue weighted by molar-refractivity contribution is -0.111. The van der Waals surface area contributed by atoms with E-state index in [0.29, 0.717) is 47.8 Å². The third-order valence-electron chi connectivity index (χ3n) is 4.43. The van der Waals surface area contributed by atoms with Crippen molar-refractivity contribution in [3.63, 3.8) is 0 Å². The number of rotatable bonds is 4. The lowest BCUT2D eigenvalue weighted by Gasteiger charge is -2.25. The smallest absolute Gasteiger partial charge is 0.410 e. The van der Waals surface area contributed by atoms with Gasteiger partial charge in [0.15, 0.2) is 0 Å². The second kappa shape index (κ2) is 9.05. The maximum Gasteiger partial charge on any atom is 0.410 e. The van der Waals surface area contributed by atoms with Gasteiger partial charge in [-0.2, -0.15) is 10.5 Å². The van der Waals surface area contributed by atoms with Gasteiger partial charge < -0.3 is 15.0 Å². The fourth-order valence-electron chi connectivity index (χ4n) is 3.04. The van der Waals surface area contributed by atoms with E-state index in [1.54, 1.807) is 42.2 Å². The molecule has 2 aromatic rings. The highest BCUT2D eigenvalue weighted by molar-refractivity contribution is 7.16. The third kappa shape index (κ3) is 4.45. The van der Waals surface area contributed by atoms with Crippen molar-refractivity contribution in [2.24, 2.45) is 0 Å². The molecule has 2 heterocycles. The summed E-state index contributed by atoms with van der Waals surface area (Å²) in [5.41, 5.74) is 2.42. The predicted molar refractivity (Wildman–Crippen MR) is 109 cm³/mol. The Hall–Kier alpha value is -3.62. The van der Waals surface area contributed by atoms with Crippen LogP contribution in [0.25, 0.3) is 6.08 Å². The van der Waals surface area contributed by atoms with Gasteiger partial charge in [-0.05, 0) is 36.6 Å². The number of hydrogen-bond donors (Lipinski definition) is 1. The maximum absolute atomic E-state index is 12.4. The molecule has 1 aromatic carbocycles. The molecule has 3 rings (SSSR count). The molecule has 0 unspecified atom stereocenters. The summed E-state index contributed by atoms with van der Waals surface area (Å²) in [6.45, 7) is 2.88. The van der Waals surface area contributed by atoms with Crippen molar-refractivity contribution in [2.45, 2.75) is 19.9 Å². The van der Waals surface area contributed by atoms with Crippen LogP contribution in [-0.4, -0.2) is 30.1 Å². The minimum absolute atomic E-state index is 0.304. The normalized spacial score (nSPS) is 12.7. The van der Waals surface area contributed by atoms with E-state index in [1.165, 1.54) is 17.4 Å². The molecule has 0 bridgehead atoms. The first-order chi connectivity index (χ1) is 14.1. The predicted octanol–water partition coefficient (Wildman–Crippen LogP) is 3.66. The van der Waals surface area contributed by atoms with Gasteiger partial charge in [0.2, 0.25) is 5.91 Å². The average molecular weight is 406 g/mol. The second-order valence-corrected chi connectivity index (χ2v) is 7.32. The Balaban J connectivity index is 1.76. The molecule has 0 atom stereocenters. The molecule has 7 nitrogen and oxygen atoms in total. The maximum atomic E-state index is 12.4. The van der Waals surface area contributed by atoms with Gasteiger partial charge in [0.25, 0.3) is 0 Å². The molecule has 1 aliphatic heterocycles. The Kier molecular flexibility index (Phi) is 6.28. The molecule has 0 spiro atoms. The standard InChI is InChI=1S/C21H18N4O3S/c1-2-28-21(27)25-10-9-16-17(12-23)20(29-18(16)13-25)24-19(26)8-7-14-5-3-4-6-15(14)11-22/h3-8H,2,9-10,13H2,1H3,(H,24,26)/b8-7+. The van der Waals surface area contributed by atoms with E-state index < -0.39 is 5.91 Å². The summed E-state index contributed by atoms with van der Waals surface area (Å²) < 4.78 is 5.04. The monoisotopic (exact) mass is 406 g/mol. The molecule has 1 N–H and O–H groups in total. The molecule has 0 aliphatic carbocycles. The number of nitriles is 2. The Labute approximate surface area is 172 Å². The largest absolute Gasteiger partial charge is 0.450 e. The summed E-state index contributed by atoms with van der Waals surface area (Å²) in [5.74, 6) is -0.393. The highest BCUT2D eigenvalue weighted by Gasteiger charge is 2.27. The lowest BCUT2D eigenvalue weighted by Crippen LogP contribution is -2.35. The summed E-state index contributed by atoms with van der Waals surface area (Å²) in [5, 5.41) is 21.9. The van der Waals surface area contributed by atoms with Crippen molar-refractivity contribution in [1.29, 1.82) is 10.5 Å². The van der Waals surface area contributed by atoms with Gasteiger partial charge in [0, 0.05) is 17.5 Å². The first-order valence-electron chi connectivity index (χ1n) is 9.01. The Morgan fingerprint density at radius 1 is 1.31 bits per heavy atom. The molecule has 1 aliphatic rings. The number of ether oxygens (including phenoxy) is 1. The van der Waals surface area contributed by atoms with Gasteiger partial charge in [-0.15, -0.1) is 11.3 Å². The minimum atomic E-state index is -0.393. The molecule has 8 heteroatoms. The van der Waals surface area contributed by atoms with Gasteiger partial charge in [-0.1, -0.05) is 18.2 Å². The van der Waals surface area contributed by atoms with Crippen molar-refractivity contribution in [3.05, 3.63) is 57.5 Å². The summed E-state index contributed by atoms with van der Waals surface area (Å²) in [4.78, 5) is 26.8. The summed E-state index contributed by atoms with van der Waals surface area (Å²) in [6, 6.07) is 11.2. The fraction of sp³-hybridized carbons (Fsp3) is 0.238. The van der Waals surface area contributed by atoms with Crippen LogP contribution in [0.2, 0.25) is 0 Å². The van der Waals surface area contributed by atoms with Crippen molar-refractivity contribution in [2.75, 3.05) is 18.5 Å². The molecule has 0 fully saturated rings. The summed E-state index contributed by atoms with van der Waals surface area (Å²) in [6.07, 6.45) is 3.06. The van der Waals surface area contributed by atoms with Crippen molar-refractivity contribution in [3.8, 4) is 12.1 Å². The van der Waals surface area contributed by atoms with Crippen LogP contribution in [0.5, 0.6) is 0 Å². The average Bonchev–Trinajstić information content (AvgIpc) is 3.08. The van der Waals surface area contributed by atoms with Crippen LogP contribution in [0.3, 0.4) is 0 Å². The van der Waals surface area contributed by atoms with Crippen LogP contribution in [0.4, 0.5) is 9.80 Å². The Bertz CT molecular complexity index is 1060. The number of carbonyl (C=O) groups is 2. The van der Waals surface area contributed by atoms with E-state index in [2.05, 4.69) is 17.5 Å². The van der Waals surface area contributed by atoms with Crippen molar-refractivity contribution in [1.82, 2.24) is 4.90 Å². The summed E-state index contributed by atoms with van der Waals surface area (Å²) >= 11 is 1.29. The molecule has 0 radical (unpaired) electrons. The van der Waals surface area contributed by atoms with Gasteiger partial charge in [-0.3, -0.25) is 4.79 Å². The molecular formula is C21H18N4O3S. The number of nitrogens with zero attached hydrogens (tertiary/aromatic N) is 3. The number of hydrogen-bond acceptors (Lipinski definition) is 6. The number of carbonyl (C=O) groups excluding carboxylic acids is 2. The first kappa shape index (κ1) is 20.1. The molecule has 29 heavy (non-hydrogen) atoms. The zero-order valence-electron chi connectivity index (χ0n) is 15.8. The fourth-order valence-corrected chi connectivity index (χ4v) is 4.26. The van der Waals surface area contributed by atoms with E-state index in [-0.39, 0.29) is 6.09 Å². The van der Waals surface area contributed by atoms with E-state index in [4.69, 9.17) is 10.00 Å². The Morgan fingerprint density at radius 2 is 2.10 bits per heavy atom. The zero-order valence-corrected chi connectivity index (χ0v) is 16.6. The molecule has 0 saturated heterocycles. The highest BCUT2D eigenvalue weighted by atomic mass is 32.1. The first-order valence-corrected chi connectivity index (χ1v) is 9.83. The van der Waals surface area contributed by atoms with Gasteiger partial charge in [0.05, 0.1) is 30.3 Å². The van der Waals surface area contributed by atoms with Crippen LogP contribution in [0, 0.1) is 22.7 Å². The van der Waals surface area contributed by atoms with E-state index in [9.17, 15) is 14.9 Å². The lowest BCUT2D eigenvalue weighted by atomic mass is 10.0. The van der Waals surface area contributed by atoms with Crippen LogP contribution in [0.1, 0.15) is 34.1 Å². The number of thiophene rings is 1. The van der Waals surface area contributed by atoms with Gasteiger partial charge in [0.1, 0.15) is 11.1 Å². The molecular weight excluding hydrogens is 388 g/mol. The van der Waals surface area contributed by atoms with Crippen molar-refractivity contribution >= 4 is 34.4 Å². The van der Waals surface area contributed by atoms with Crippen LogP contribution < -0.4 is 5.32 Å². The topological polar surface area (TPSA) is 106 Å². The minimum Gasteiger partial charge on any atom is -0.450 e. The number of anilines is 1. The number of benzene rings is 1. The second-order valence-electron chi connectivity index (χ2n) is 6.21. The van der Waals surface area contributed by atoms with E-state index in [0.717, 1.165) is 10.4 Å². The highest BCUT2D eigenvalue weighted by Crippen LogP contribution is 2.36. The molecule has 146 valence electrons. The summed E-state index contributed by atoms with van der Waals surface area (Å²) in [7, 11) is 0. The van der Waals surface area contributed by atoms with Crippen LogP contribution in [-0.2, 0) is 22.5 Å². The number of fused-ring (bicyclic) bond motifs is 1. The Morgan fingerprint density at radius 3 is 2.83 bits per heavy atom. The van der Waals surface area contributed by atoms with Gasteiger partial charge >= 0.3 is 6.09 Å². The SMILES string of the molecule is CCOC(=O)N1CCc2c(sc(NC(=O)/C=C/c3ccccc3C#N)c2C#N)C1. The third-order valence-corrected chi connectivity index (χ3v) is 5.56. The quantitative estimate of drug-likeness (QED) is 0.780. The zero-order chi connectivity index (χ0) is 20.8. The number of nitrogens with one attached hydrogen (secondary N) is 1. The van der Waals surface area contributed by atoms with Gasteiger partial charge in [-0.25, -0.2) is 4.79 Å².